The number of allylic oxidation sites excluding steroid dienone is 5. The summed E-state index contributed by atoms with van der Waals surface area (Å²) in [6, 6.07) is 74.7. The van der Waals surface area contributed by atoms with Gasteiger partial charge in [-0.2, -0.15) is 0 Å². The number of para-hydroxylation sites is 1. The highest BCUT2D eigenvalue weighted by Gasteiger charge is 2.57. The molecule has 288 valence electrons. The van der Waals surface area contributed by atoms with Gasteiger partial charge in [-0.15, -0.1) is 0 Å². The maximum Gasteiger partial charge on any atom is 0.160 e. The fourth-order valence-corrected chi connectivity index (χ4v) is 10.5. The Morgan fingerprint density at radius 1 is 0.443 bits per heavy atom. The molecule has 0 amide bonds. The van der Waals surface area contributed by atoms with Crippen LogP contribution in [0.5, 0.6) is 0 Å². The van der Waals surface area contributed by atoms with Crippen LogP contribution in [0, 0.1) is 0 Å². The lowest BCUT2D eigenvalue weighted by Crippen LogP contribution is -2.43. The minimum Gasteiger partial charge on any atom is -0.228 e. The predicted octanol–water partition coefficient (Wildman–Crippen LogP) is 14.4. The summed E-state index contributed by atoms with van der Waals surface area (Å²) in [7, 11) is 0. The van der Waals surface area contributed by atoms with Crippen LogP contribution in [0.15, 0.2) is 242 Å². The summed E-state index contributed by atoms with van der Waals surface area (Å²) in [6.07, 6.45) is 6.33. The Labute approximate surface area is 357 Å². The predicted molar refractivity (Wildman–Crippen MR) is 252 cm³/mol. The molecule has 1 aromatic heterocycles. The average Bonchev–Trinajstić information content (AvgIpc) is 3.64. The minimum atomic E-state index is -0.623. The van der Waals surface area contributed by atoms with Crippen LogP contribution in [0.1, 0.15) is 40.3 Å². The van der Waals surface area contributed by atoms with Crippen LogP contribution < -0.4 is 0 Å². The molecule has 1 heterocycles. The van der Waals surface area contributed by atoms with Gasteiger partial charge in [0.2, 0.25) is 0 Å². The van der Waals surface area contributed by atoms with Gasteiger partial charge in [0.05, 0.1) is 22.0 Å². The molecule has 2 unspecified atom stereocenters. The van der Waals surface area contributed by atoms with Crippen LogP contribution >= 0.6 is 0 Å². The van der Waals surface area contributed by atoms with Gasteiger partial charge in [-0.05, 0) is 79.8 Å². The Balaban J connectivity index is 1.13. The van der Waals surface area contributed by atoms with E-state index < -0.39 is 10.8 Å². The van der Waals surface area contributed by atoms with Crippen molar-refractivity contribution < 1.29 is 0 Å². The van der Waals surface area contributed by atoms with Crippen molar-refractivity contribution in [3.63, 3.8) is 0 Å². The minimum absolute atomic E-state index is 0.528. The second-order valence-corrected chi connectivity index (χ2v) is 16.1. The fourth-order valence-electron chi connectivity index (χ4n) is 10.5. The molecule has 0 N–H and O–H groups in total. The zero-order chi connectivity index (χ0) is 41.0. The molecular weight excluding hydrogens is 737 g/mol. The second kappa shape index (κ2) is 14.5. The third kappa shape index (κ3) is 5.42. The summed E-state index contributed by atoms with van der Waals surface area (Å²) in [5.41, 5.74) is 17.8. The lowest BCUT2D eigenvalue weighted by molar-refractivity contribution is 0.617. The standard InChI is InChI=1S/C59H42N2/c1-3-4-28-51-40(2)58(45-21-10-6-11-22-45,53-30-18-27-49-48-25-14-16-29-52(48)59(51,55(49)53)46-23-12-7-13-24-46)47-38-36-44(37-39-47)57-60-54-31-17-15-26-50(54)56(61-57)43-34-32-42(33-35-43)41-19-8-5-9-20-41/h3-39H,1H2,2H3/b28-4-. The van der Waals surface area contributed by atoms with Gasteiger partial charge in [0, 0.05) is 16.5 Å². The first-order valence-corrected chi connectivity index (χ1v) is 21.0. The summed E-state index contributed by atoms with van der Waals surface area (Å²) < 4.78 is 0. The van der Waals surface area contributed by atoms with Crippen molar-refractivity contribution in [2.24, 2.45) is 0 Å². The molecule has 2 aliphatic rings. The number of nitrogens with zero attached hydrogens (tertiary/aromatic N) is 2. The average molecular weight is 779 g/mol. The van der Waals surface area contributed by atoms with Gasteiger partial charge in [0.25, 0.3) is 0 Å². The number of fused-ring (bicyclic) bond motifs is 4. The molecule has 8 aromatic carbocycles. The van der Waals surface area contributed by atoms with Gasteiger partial charge < -0.3 is 0 Å². The molecule has 0 spiro atoms. The van der Waals surface area contributed by atoms with Gasteiger partial charge in [0.15, 0.2) is 5.82 Å². The van der Waals surface area contributed by atoms with Crippen molar-refractivity contribution in [1.82, 2.24) is 9.97 Å². The molecule has 0 aliphatic heterocycles. The van der Waals surface area contributed by atoms with Gasteiger partial charge >= 0.3 is 0 Å². The normalized spacial score (nSPS) is 17.7. The van der Waals surface area contributed by atoms with Crippen molar-refractivity contribution >= 4 is 10.9 Å². The molecule has 2 heteroatoms. The number of hydrogen-bond donors (Lipinski definition) is 0. The van der Waals surface area contributed by atoms with Crippen molar-refractivity contribution in [3.8, 4) is 44.9 Å². The first-order valence-electron chi connectivity index (χ1n) is 21.0. The monoisotopic (exact) mass is 778 g/mol. The van der Waals surface area contributed by atoms with Gasteiger partial charge in [-0.1, -0.05) is 225 Å². The largest absolute Gasteiger partial charge is 0.228 e. The highest BCUT2D eigenvalue weighted by Crippen LogP contribution is 2.65. The Morgan fingerprint density at radius 2 is 0.984 bits per heavy atom. The molecule has 0 fully saturated rings. The number of aromatic nitrogens is 2. The number of hydrogen-bond acceptors (Lipinski definition) is 2. The van der Waals surface area contributed by atoms with Crippen molar-refractivity contribution in [2.75, 3.05) is 0 Å². The van der Waals surface area contributed by atoms with Crippen LogP contribution in [0.4, 0.5) is 0 Å². The quantitative estimate of drug-likeness (QED) is 0.144. The van der Waals surface area contributed by atoms with E-state index in [1.165, 1.54) is 66.8 Å². The van der Waals surface area contributed by atoms with E-state index in [-0.39, 0.29) is 0 Å². The van der Waals surface area contributed by atoms with Crippen LogP contribution in [0.25, 0.3) is 55.8 Å². The second-order valence-electron chi connectivity index (χ2n) is 16.1. The van der Waals surface area contributed by atoms with E-state index in [1.54, 1.807) is 0 Å². The van der Waals surface area contributed by atoms with Crippen LogP contribution in [-0.4, -0.2) is 9.97 Å². The van der Waals surface area contributed by atoms with Crippen molar-refractivity contribution in [1.29, 1.82) is 0 Å². The van der Waals surface area contributed by atoms with Crippen molar-refractivity contribution in [3.05, 3.63) is 276 Å². The Kier molecular flexibility index (Phi) is 8.68. The molecule has 2 aliphatic carbocycles. The first-order chi connectivity index (χ1) is 30.1. The van der Waals surface area contributed by atoms with E-state index in [1.807, 2.05) is 6.08 Å². The summed E-state index contributed by atoms with van der Waals surface area (Å²) in [5.74, 6) is 0.700. The van der Waals surface area contributed by atoms with Crippen molar-refractivity contribution in [2.45, 2.75) is 17.8 Å². The molecule has 2 atom stereocenters. The van der Waals surface area contributed by atoms with E-state index in [2.05, 4.69) is 232 Å². The lowest BCUT2D eigenvalue weighted by atomic mass is 9.52. The smallest absolute Gasteiger partial charge is 0.160 e. The molecule has 0 saturated carbocycles. The SMILES string of the molecule is C=C/C=C\C1=C(C)C(c2ccccc2)(c2ccc(-c3nc(-c4ccc(-c5ccccc5)cc4)c4ccccc4n3)cc2)c2cccc3c2C1(c1ccccc1)c1ccccc1-3. The Morgan fingerprint density at radius 3 is 1.70 bits per heavy atom. The zero-order valence-corrected chi connectivity index (χ0v) is 34.0. The maximum absolute atomic E-state index is 5.31. The summed E-state index contributed by atoms with van der Waals surface area (Å²) in [5, 5.41) is 1.03. The molecular formula is C59H42N2. The molecule has 11 rings (SSSR count). The first kappa shape index (κ1) is 36.4. The highest BCUT2D eigenvalue weighted by molar-refractivity contribution is 5.94. The van der Waals surface area contributed by atoms with Gasteiger partial charge in [-0.25, -0.2) is 9.97 Å². The van der Waals surface area contributed by atoms with Crippen LogP contribution in [0.2, 0.25) is 0 Å². The lowest BCUT2D eigenvalue weighted by Gasteiger charge is -2.49. The van der Waals surface area contributed by atoms with E-state index in [0.29, 0.717) is 5.82 Å². The number of benzene rings is 8. The van der Waals surface area contributed by atoms with Gasteiger partial charge in [0.1, 0.15) is 0 Å². The molecule has 0 bridgehead atoms. The van der Waals surface area contributed by atoms with Crippen LogP contribution in [0.3, 0.4) is 0 Å². The van der Waals surface area contributed by atoms with Gasteiger partial charge in [-0.3, -0.25) is 0 Å². The summed E-state index contributed by atoms with van der Waals surface area (Å²) in [6.45, 7) is 6.50. The van der Waals surface area contributed by atoms with E-state index in [4.69, 9.17) is 9.97 Å². The number of rotatable bonds is 8. The van der Waals surface area contributed by atoms with E-state index >= 15 is 0 Å². The summed E-state index contributed by atoms with van der Waals surface area (Å²) >= 11 is 0. The van der Waals surface area contributed by atoms with E-state index in [0.717, 1.165) is 27.7 Å². The highest BCUT2D eigenvalue weighted by atomic mass is 14.9. The Bertz CT molecular complexity index is 3180. The zero-order valence-electron chi connectivity index (χ0n) is 34.0. The third-order valence-corrected chi connectivity index (χ3v) is 13.1. The maximum atomic E-state index is 5.31. The third-order valence-electron chi connectivity index (χ3n) is 13.1. The van der Waals surface area contributed by atoms with Crippen LogP contribution in [-0.2, 0) is 10.8 Å². The fraction of sp³-hybridized carbons (Fsp3) is 0.0508. The molecule has 61 heavy (non-hydrogen) atoms. The Hall–Kier alpha value is -7.68. The molecule has 2 nitrogen and oxygen atoms in total. The molecule has 0 saturated heterocycles. The molecule has 9 aromatic rings. The molecule has 0 radical (unpaired) electrons. The van der Waals surface area contributed by atoms with E-state index in [9.17, 15) is 0 Å². The summed E-state index contributed by atoms with van der Waals surface area (Å²) in [4.78, 5) is 10.5. The topological polar surface area (TPSA) is 25.8 Å².